The highest BCUT2D eigenvalue weighted by molar-refractivity contribution is 7.17. The van der Waals surface area contributed by atoms with E-state index in [1.54, 1.807) is 0 Å². The standard InChI is InChI=1S/C21H26ClN3OS/c1-14-19(27-21(24-14)16-8-2-3-9-17(16)22)20(26)23-13-15-7-6-12-25-11-5-4-10-18(15)25/h2-3,8-9,15,18H,4-7,10-13H2,1H3,(H,23,26)/t15-,18+/m0/s1. The normalized spacial score (nSPS) is 23.0. The summed E-state index contributed by atoms with van der Waals surface area (Å²) in [5, 5.41) is 4.66. The van der Waals surface area contributed by atoms with Crippen molar-refractivity contribution in [2.75, 3.05) is 19.6 Å². The molecule has 2 aliphatic rings. The lowest BCUT2D eigenvalue weighted by atomic mass is 9.83. The molecule has 4 nitrogen and oxygen atoms in total. The minimum atomic E-state index is -0.00348. The summed E-state index contributed by atoms with van der Waals surface area (Å²) in [5.74, 6) is 0.565. The van der Waals surface area contributed by atoms with Gasteiger partial charge in [-0.05, 0) is 57.7 Å². The van der Waals surface area contributed by atoms with Crippen molar-refractivity contribution < 1.29 is 4.79 Å². The Kier molecular flexibility index (Phi) is 5.81. The summed E-state index contributed by atoms with van der Waals surface area (Å²) in [6.07, 6.45) is 6.37. The van der Waals surface area contributed by atoms with E-state index in [1.165, 1.54) is 56.5 Å². The van der Waals surface area contributed by atoms with E-state index in [1.807, 2.05) is 31.2 Å². The topological polar surface area (TPSA) is 45.2 Å². The number of rotatable bonds is 4. The van der Waals surface area contributed by atoms with Crippen LogP contribution in [-0.2, 0) is 0 Å². The van der Waals surface area contributed by atoms with Crippen molar-refractivity contribution >= 4 is 28.8 Å². The number of thiazole rings is 1. The summed E-state index contributed by atoms with van der Waals surface area (Å²) in [4.78, 5) is 20.7. The van der Waals surface area contributed by atoms with Crippen molar-refractivity contribution in [2.24, 2.45) is 5.92 Å². The lowest BCUT2D eigenvalue weighted by Crippen LogP contribution is -2.50. The Morgan fingerprint density at radius 2 is 2.07 bits per heavy atom. The number of aromatic nitrogens is 1. The molecule has 0 aliphatic carbocycles. The molecule has 0 bridgehead atoms. The molecule has 0 unspecified atom stereocenters. The number of carbonyl (C=O) groups excluding carboxylic acids is 1. The fraction of sp³-hybridized carbons (Fsp3) is 0.524. The largest absolute Gasteiger partial charge is 0.351 e. The Morgan fingerprint density at radius 1 is 1.26 bits per heavy atom. The third-order valence-electron chi connectivity index (χ3n) is 5.86. The number of piperidine rings is 2. The van der Waals surface area contributed by atoms with Crippen LogP contribution in [0.3, 0.4) is 0 Å². The van der Waals surface area contributed by atoms with Crippen molar-refractivity contribution in [3.63, 3.8) is 0 Å². The van der Waals surface area contributed by atoms with Gasteiger partial charge in [0, 0.05) is 18.2 Å². The minimum Gasteiger partial charge on any atom is -0.351 e. The van der Waals surface area contributed by atoms with Crippen LogP contribution in [0.4, 0.5) is 0 Å². The number of hydrogen-bond donors (Lipinski definition) is 1. The Labute approximate surface area is 169 Å². The van der Waals surface area contributed by atoms with Crippen molar-refractivity contribution in [3.05, 3.63) is 39.9 Å². The van der Waals surface area contributed by atoms with Crippen LogP contribution in [0.1, 0.15) is 47.5 Å². The molecule has 0 saturated carbocycles. The van der Waals surface area contributed by atoms with Crippen molar-refractivity contribution in [3.8, 4) is 10.6 Å². The number of carbonyl (C=O) groups is 1. The first-order chi connectivity index (χ1) is 13.1. The molecule has 2 aliphatic heterocycles. The third kappa shape index (κ3) is 4.05. The van der Waals surface area contributed by atoms with E-state index in [9.17, 15) is 4.79 Å². The second kappa shape index (κ2) is 8.29. The van der Waals surface area contributed by atoms with Crippen LogP contribution in [-0.4, -0.2) is 41.5 Å². The molecule has 27 heavy (non-hydrogen) atoms. The SMILES string of the molecule is Cc1nc(-c2ccccc2Cl)sc1C(=O)NC[C@@H]1CCCN2CCCC[C@H]12. The van der Waals surface area contributed by atoms with E-state index in [0.29, 0.717) is 21.9 Å². The average molecular weight is 404 g/mol. The number of hydrogen-bond acceptors (Lipinski definition) is 4. The van der Waals surface area contributed by atoms with Crippen LogP contribution < -0.4 is 5.32 Å². The first-order valence-corrected chi connectivity index (χ1v) is 11.1. The molecule has 0 spiro atoms. The second-order valence-corrected chi connectivity index (χ2v) is 9.03. The van der Waals surface area contributed by atoms with Gasteiger partial charge in [0.15, 0.2) is 0 Å². The lowest BCUT2D eigenvalue weighted by Gasteiger charge is -2.44. The molecule has 0 radical (unpaired) electrons. The van der Waals surface area contributed by atoms with Crippen molar-refractivity contribution in [1.82, 2.24) is 15.2 Å². The highest BCUT2D eigenvalue weighted by Crippen LogP contribution is 2.33. The van der Waals surface area contributed by atoms with Gasteiger partial charge in [0.25, 0.3) is 5.91 Å². The van der Waals surface area contributed by atoms with E-state index in [-0.39, 0.29) is 5.91 Å². The van der Waals surface area contributed by atoms with Gasteiger partial charge in [0.05, 0.1) is 10.7 Å². The van der Waals surface area contributed by atoms with Gasteiger partial charge in [-0.25, -0.2) is 4.98 Å². The number of benzene rings is 1. The maximum atomic E-state index is 12.8. The van der Waals surface area contributed by atoms with Crippen molar-refractivity contribution in [1.29, 1.82) is 0 Å². The molecule has 1 amide bonds. The molecule has 2 fully saturated rings. The zero-order chi connectivity index (χ0) is 18.8. The molecule has 144 valence electrons. The Hall–Kier alpha value is -1.43. The van der Waals surface area contributed by atoms with Gasteiger partial charge in [-0.1, -0.05) is 36.2 Å². The lowest BCUT2D eigenvalue weighted by molar-refractivity contribution is 0.0576. The van der Waals surface area contributed by atoms with Gasteiger partial charge in [0.2, 0.25) is 0 Å². The van der Waals surface area contributed by atoms with Crippen LogP contribution in [0, 0.1) is 12.8 Å². The van der Waals surface area contributed by atoms with E-state index in [2.05, 4.69) is 15.2 Å². The molecule has 2 saturated heterocycles. The number of nitrogens with one attached hydrogen (secondary N) is 1. The second-order valence-electron chi connectivity index (χ2n) is 7.62. The summed E-state index contributed by atoms with van der Waals surface area (Å²) in [7, 11) is 0. The molecule has 1 aromatic carbocycles. The van der Waals surface area contributed by atoms with Crippen molar-refractivity contribution in [2.45, 2.75) is 45.1 Å². The fourth-order valence-corrected chi connectivity index (χ4v) is 5.78. The monoisotopic (exact) mass is 403 g/mol. The molecule has 1 N–H and O–H groups in total. The predicted molar refractivity (Wildman–Crippen MR) is 112 cm³/mol. The molecule has 6 heteroatoms. The predicted octanol–water partition coefficient (Wildman–Crippen LogP) is 4.77. The van der Waals surface area contributed by atoms with E-state index in [0.717, 1.165) is 22.8 Å². The van der Waals surface area contributed by atoms with Crippen LogP contribution in [0.5, 0.6) is 0 Å². The zero-order valence-corrected chi connectivity index (χ0v) is 17.3. The minimum absolute atomic E-state index is 0.00348. The van der Waals surface area contributed by atoms with E-state index >= 15 is 0 Å². The Bertz CT molecular complexity index is 820. The molecular formula is C21H26ClN3OS. The first-order valence-electron chi connectivity index (χ1n) is 9.88. The van der Waals surface area contributed by atoms with E-state index < -0.39 is 0 Å². The highest BCUT2D eigenvalue weighted by Gasteiger charge is 2.33. The Balaban J connectivity index is 1.43. The maximum absolute atomic E-state index is 12.8. The van der Waals surface area contributed by atoms with Gasteiger partial charge >= 0.3 is 0 Å². The van der Waals surface area contributed by atoms with Gasteiger partial charge < -0.3 is 10.2 Å². The molecule has 2 aromatic rings. The summed E-state index contributed by atoms with van der Waals surface area (Å²) in [5.41, 5.74) is 1.66. The average Bonchev–Trinajstić information content (AvgIpc) is 3.08. The van der Waals surface area contributed by atoms with Crippen LogP contribution in [0.25, 0.3) is 10.6 Å². The molecule has 1 aromatic heterocycles. The quantitative estimate of drug-likeness (QED) is 0.799. The highest BCUT2D eigenvalue weighted by atomic mass is 35.5. The molecule has 4 rings (SSSR count). The molecule has 2 atom stereocenters. The summed E-state index contributed by atoms with van der Waals surface area (Å²) in [6.45, 7) is 5.11. The number of halogens is 1. The fourth-order valence-electron chi connectivity index (χ4n) is 4.48. The van der Waals surface area contributed by atoms with Gasteiger partial charge in [-0.2, -0.15) is 0 Å². The Morgan fingerprint density at radius 3 is 2.93 bits per heavy atom. The maximum Gasteiger partial charge on any atom is 0.263 e. The summed E-state index contributed by atoms with van der Waals surface area (Å²) >= 11 is 7.72. The number of aryl methyl sites for hydroxylation is 1. The first kappa shape index (κ1) is 18.9. The van der Waals surface area contributed by atoms with Crippen LogP contribution >= 0.6 is 22.9 Å². The molecular weight excluding hydrogens is 378 g/mol. The number of amides is 1. The summed E-state index contributed by atoms with van der Waals surface area (Å²) in [6, 6.07) is 8.29. The number of nitrogens with zero attached hydrogens (tertiary/aromatic N) is 2. The van der Waals surface area contributed by atoms with Crippen LogP contribution in [0.15, 0.2) is 24.3 Å². The van der Waals surface area contributed by atoms with Gasteiger partial charge in [0.1, 0.15) is 9.88 Å². The number of fused-ring (bicyclic) bond motifs is 1. The van der Waals surface area contributed by atoms with Crippen LogP contribution in [0.2, 0.25) is 5.02 Å². The van der Waals surface area contributed by atoms with Gasteiger partial charge in [-0.15, -0.1) is 11.3 Å². The zero-order valence-electron chi connectivity index (χ0n) is 15.7. The smallest absolute Gasteiger partial charge is 0.263 e. The molecule has 3 heterocycles. The van der Waals surface area contributed by atoms with E-state index in [4.69, 9.17) is 11.6 Å². The van der Waals surface area contributed by atoms with Gasteiger partial charge in [-0.3, -0.25) is 4.79 Å². The summed E-state index contributed by atoms with van der Waals surface area (Å²) < 4.78 is 0. The third-order valence-corrected chi connectivity index (χ3v) is 7.38.